The van der Waals surface area contributed by atoms with Gasteiger partial charge in [0.05, 0.1) is 0 Å². The number of amides is 2. The van der Waals surface area contributed by atoms with Crippen LogP contribution in [-0.4, -0.2) is 18.4 Å². The number of unbranched alkanes of at least 4 members (excludes halogenated alkanes) is 1. The summed E-state index contributed by atoms with van der Waals surface area (Å²) in [7, 11) is 0. The van der Waals surface area contributed by atoms with Crippen molar-refractivity contribution < 1.29 is 9.59 Å². The fourth-order valence-corrected chi connectivity index (χ4v) is 1.50. The van der Waals surface area contributed by atoms with Crippen molar-refractivity contribution >= 4 is 29.1 Å². The molecule has 98 valence electrons. The summed E-state index contributed by atoms with van der Waals surface area (Å²) in [5.41, 5.74) is 1.43. The number of hydrogen-bond acceptors (Lipinski definition) is 2. The van der Waals surface area contributed by atoms with Gasteiger partial charge in [0, 0.05) is 17.3 Å². The molecule has 0 bridgehead atoms. The van der Waals surface area contributed by atoms with Crippen LogP contribution in [0.5, 0.6) is 0 Å². The zero-order chi connectivity index (χ0) is 13.5. The number of carbonyl (C=O) groups is 2. The Kier molecular flexibility index (Phi) is 5.65. The fraction of sp³-hybridized carbons (Fsp3) is 0.385. The minimum absolute atomic E-state index is 0.511. The van der Waals surface area contributed by atoms with E-state index in [9.17, 15) is 9.59 Å². The summed E-state index contributed by atoms with van der Waals surface area (Å²) in [6.07, 6.45) is 1.82. The van der Waals surface area contributed by atoms with E-state index in [4.69, 9.17) is 11.6 Å². The molecule has 0 aliphatic rings. The smallest absolute Gasteiger partial charge is 0.313 e. The number of anilines is 1. The maximum atomic E-state index is 11.5. The van der Waals surface area contributed by atoms with Gasteiger partial charge >= 0.3 is 11.8 Å². The van der Waals surface area contributed by atoms with Crippen LogP contribution in [0.3, 0.4) is 0 Å². The summed E-state index contributed by atoms with van der Waals surface area (Å²) >= 11 is 5.93. The molecule has 0 fully saturated rings. The molecular weight excluding hydrogens is 252 g/mol. The monoisotopic (exact) mass is 268 g/mol. The third-order valence-electron chi connectivity index (χ3n) is 2.45. The molecule has 0 spiro atoms. The van der Waals surface area contributed by atoms with Crippen molar-refractivity contribution in [3.05, 3.63) is 28.8 Å². The van der Waals surface area contributed by atoms with Crippen LogP contribution in [0, 0.1) is 6.92 Å². The minimum Gasteiger partial charge on any atom is -0.348 e. The summed E-state index contributed by atoms with van der Waals surface area (Å²) in [5, 5.41) is 5.60. The highest BCUT2D eigenvalue weighted by Gasteiger charge is 2.12. The van der Waals surface area contributed by atoms with Crippen LogP contribution < -0.4 is 10.6 Å². The predicted octanol–water partition coefficient (Wildman–Crippen LogP) is 2.50. The molecule has 1 rings (SSSR count). The number of carbonyl (C=O) groups excluding carboxylic acids is 2. The highest BCUT2D eigenvalue weighted by Crippen LogP contribution is 2.19. The van der Waals surface area contributed by atoms with Crippen molar-refractivity contribution in [2.75, 3.05) is 11.9 Å². The summed E-state index contributed by atoms with van der Waals surface area (Å²) in [6.45, 7) is 4.39. The molecular formula is C13H17ClN2O2. The largest absolute Gasteiger partial charge is 0.348 e. The van der Waals surface area contributed by atoms with E-state index >= 15 is 0 Å². The molecule has 0 radical (unpaired) electrons. The van der Waals surface area contributed by atoms with Gasteiger partial charge in [-0.25, -0.2) is 0 Å². The second-order valence-electron chi connectivity index (χ2n) is 4.03. The third-order valence-corrected chi connectivity index (χ3v) is 2.86. The van der Waals surface area contributed by atoms with Gasteiger partial charge in [-0.2, -0.15) is 0 Å². The Hall–Kier alpha value is -1.55. The van der Waals surface area contributed by atoms with Gasteiger partial charge in [-0.3, -0.25) is 9.59 Å². The maximum absolute atomic E-state index is 11.5. The van der Waals surface area contributed by atoms with Crippen molar-refractivity contribution in [1.82, 2.24) is 5.32 Å². The second kappa shape index (κ2) is 7.01. The average molecular weight is 269 g/mol. The van der Waals surface area contributed by atoms with Crippen LogP contribution in [-0.2, 0) is 9.59 Å². The zero-order valence-electron chi connectivity index (χ0n) is 10.5. The summed E-state index contributed by atoms with van der Waals surface area (Å²) in [4.78, 5) is 23.0. The number of rotatable bonds is 4. The number of hydrogen-bond donors (Lipinski definition) is 2. The average Bonchev–Trinajstić information content (AvgIpc) is 2.34. The van der Waals surface area contributed by atoms with Gasteiger partial charge in [0.25, 0.3) is 0 Å². The molecule has 0 aliphatic heterocycles. The molecule has 0 saturated carbocycles. The normalized spacial score (nSPS) is 9.94. The zero-order valence-corrected chi connectivity index (χ0v) is 11.3. The molecule has 4 nitrogen and oxygen atoms in total. The summed E-state index contributed by atoms with van der Waals surface area (Å²) < 4.78 is 0. The molecule has 0 aromatic heterocycles. The van der Waals surface area contributed by atoms with Crippen LogP contribution in [0.15, 0.2) is 18.2 Å². The first-order valence-corrected chi connectivity index (χ1v) is 6.27. The lowest BCUT2D eigenvalue weighted by molar-refractivity contribution is -0.136. The molecule has 0 atom stereocenters. The van der Waals surface area contributed by atoms with Crippen LogP contribution in [0.25, 0.3) is 0 Å². The van der Waals surface area contributed by atoms with Gasteiger partial charge in [0.1, 0.15) is 0 Å². The van der Waals surface area contributed by atoms with Gasteiger partial charge in [0.2, 0.25) is 0 Å². The lowest BCUT2D eigenvalue weighted by atomic mass is 10.2. The standard InChI is InChI=1S/C13H17ClN2O2/c1-3-4-7-15-12(17)13(18)16-10-6-5-9(2)11(14)8-10/h5-6,8H,3-4,7H2,1-2H3,(H,15,17)(H,16,18). The van der Waals surface area contributed by atoms with E-state index in [1.165, 1.54) is 0 Å². The number of benzene rings is 1. The van der Waals surface area contributed by atoms with Crippen LogP contribution in [0.4, 0.5) is 5.69 Å². The van der Waals surface area contributed by atoms with Crippen LogP contribution >= 0.6 is 11.6 Å². The molecule has 2 amide bonds. The Balaban J connectivity index is 2.53. The molecule has 1 aromatic carbocycles. The summed E-state index contributed by atoms with van der Waals surface area (Å²) in [5.74, 6) is -1.30. The third kappa shape index (κ3) is 4.37. The van der Waals surface area contributed by atoms with Gasteiger partial charge in [-0.1, -0.05) is 31.0 Å². The first-order chi connectivity index (χ1) is 8.54. The SMILES string of the molecule is CCCCNC(=O)C(=O)Nc1ccc(C)c(Cl)c1. The van der Waals surface area contributed by atoms with Crippen molar-refractivity contribution in [1.29, 1.82) is 0 Å². The quantitative estimate of drug-likeness (QED) is 0.651. The molecule has 18 heavy (non-hydrogen) atoms. The molecule has 0 aliphatic carbocycles. The lowest BCUT2D eigenvalue weighted by Crippen LogP contribution is -2.35. The Bertz CT molecular complexity index is 447. The predicted molar refractivity (Wildman–Crippen MR) is 72.7 cm³/mol. The summed E-state index contributed by atoms with van der Waals surface area (Å²) in [6, 6.07) is 5.11. The molecule has 1 aromatic rings. The maximum Gasteiger partial charge on any atom is 0.313 e. The Morgan fingerprint density at radius 1 is 1.28 bits per heavy atom. The first-order valence-electron chi connectivity index (χ1n) is 5.90. The van der Waals surface area contributed by atoms with Gasteiger partial charge < -0.3 is 10.6 Å². The Morgan fingerprint density at radius 3 is 2.61 bits per heavy atom. The van der Waals surface area contributed by atoms with E-state index in [1.807, 2.05) is 13.8 Å². The van der Waals surface area contributed by atoms with E-state index in [0.717, 1.165) is 18.4 Å². The van der Waals surface area contributed by atoms with E-state index < -0.39 is 11.8 Å². The fourth-order valence-electron chi connectivity index (χ4n) is 1.32. The van der Waals surface area contributed by atoms with Crippen molar-refractivity contribution in [3.8, 4) is 0 Å². The van der Waals surface area contributed by atoms with Crippen molar-refractivity contribution in [2.45, 2.75) is 26.7 Å². The van der Waals surface area contributed by atoms with E-state index in [2.05, 4.69) is 10.6 Å². The Morgan fingerprint density at radius 2 is 2.00 bits per heavy atom. The lowest BCUT2D eigenvalue weighted by Gasteiger charge is -2.07. The van der Waals surface area contributed by atoms with E-state index in [-0.39, 0.29) is 0 Å². The van der Waals surface area contributed by atoms with Crippen molar-refractivity contribution in [2.24, 2.45) is 0 Å². The molecule has 5 heteroatoms. The number of nitrogens with one attached hydrogen (secondary N) is 2. The highest BCUT2D eigenvalue weighted by atomic mass is 35.5. The van der Waals surface area contributed by atoms with E-state index in [1.54, 1.807) is 18.2 Å². The van der Waals surface area contributed by atoms with Gasteiger partial charge in [-0.15, -0.1) is 0 Å². The van der Waals surface area contributed by atoms with E-state index in [0.29, 0.717) is 17.3 Å². The molecule has 0 saturated heterocycles. The topological polar surface area (TPSA) is 58.2 Å². The minimum atomic E-state index is -0.675. The molecule has 2 N–H and O–H groups in total. The number of aryl methyl sites for hydroxylation is 1. The van der Waals surface area contributed by atoms with Gasteiger partial charge in [-0.05, 0) is 31.0 Å². The number of halogens is 1. The molecule has 0 heterocycles. The van der Waals surface area contributed by atoms with Crippen LogP contribution in [0.1, 0.15) is 25.3 Å². The Labute approximate surface area is 112 Å². The van der Waals surface area contributed by atoms with Crippen LogP contribution in [0.2, 0.25) is 5.02 Å². The first kappa shape index (κ1) is 14.5. The highest BCUT2D eigenvalue weighted by molar-refractivity contribution is 6.39. The molecule has 0 unspecified atom stereocenters. The second-order valence-corrected chi connectivity index (χ2v) is 4.43. The van der Waals surface area contributed by atoms with Crippen molar-refractivity contribution in [3.63, 3.8) is 0 Å². The van der Waals surface area contributed by atoms with Gasteiger partial charge in [0.15, 0.2) is 0 Å².